The molecule has 3 rings (SSSR count). The van der Waals surface area contributed by atoms with E-state index >= 15 is 0 Å². The fourth-order valence-corrected chi connectivity index (χ4v) is 3.09. The van der Waals surface area contributed by atoms with E-state index in [9.17, 15) is 13.6 Å². The molecule has 3 aromatic rings. The summed E-state index contributed by atoms with van der Waals surface area (Å²) in [6.45, 7) is -1.16. The summed E-state index contributed by atoms with van der Waals surface area (Å²) in [5, 5.41) is 10.7. The number of ether oxygens (including phenoxy) is 1. The molecular weight excluding hydrogens is 388 g/mol. The highest BCUT2D eigenvalue weighted by atomic mass is 32.2. The Balaban J connectivity index is 1.68. The van der Waals surface area contributed by atoms with Gasteiger partial charge in [0.2, 0.25) is 11.1 Å². The van der Waals surface area contributed by atoms with Gasteiger partial charge < -0.3 is 15.9 Å². The first-order valence-electron chi connectivity index (χ1n) is 8.22. The molecule has 1 aromatic heterocycles. The second kappa shape index (κ2) is 8.70. The number of hydrogen-bond donors (Lipinski definition) is 2. The number of carbonyl (C=O) groups excluding carboxylic acids is 1. The second-order valence-electron chi connectivity index (χ2n) is 5.69. The van der Waals surface area contributed by atoms with Crippen molar-refractivity contribution in [2.45, 2.75) is 23.9 Å². The molecule has 0 aliphatic heterocycles. The van der Waals surface area contributed by atoms with Gasteiger partial charge in [-0.25, -0.2) is 4.68 Å². The van der Waals surface area contributed by atoms with E-state index in [-0.39, 0.29) is 11.7 Å². The lowest BCUT2D eigenvalue weighted by Crippen LogP contribution is -2.23. The van der Waals surface area contributed by atoms with Gasteiger partial charge in [-0.05, 0) is 43.3 Å². The number of nitrogens with zero attached hydrogens (tertiary/aromatic N) is 3. The van der Waals surface area contributed by atoms with Crippen LogP contribution in [-0.4, -0.2) is 32.6 Å². The van der Waals surface area contributed by atoms with Crippen molar-refractivity contribution in [1.82, 2.24) is 14.9 Å². The lowest BCUT2D eigenvalue weighted by molar-refractivity contribution is -0.115. The van der Waals surface area contributed by atoms with Crippen molar-refractivity contribution in [3.05, 3.63) is 54.6 Å². The van der Waals surface area contributed by atoms with Crippen molar-refractivity contribution < 1.29 is 18.3 Å². The molecule has 1 heterocycles. The number of hydrogen-bond acceptors (Lipinski definition) is 6. The Morgan fingerprint density at radius 2 is 1.82 bits per heavy atom. The number of benzene rings is 2. The van der Waals surface area contributed by atoms with Gasteiger partial charge in [0.15, 0.2) is 5.82 Å². The number of carbonyl (C=O) groups is 1. The zero-order valence-electron chi connectivity index (χ0n) is 14.8. The number of nitrogens with one attached hydrogen (secondary N) is 1. The van der Waals surface area contributed by atoms with Crippen LogP contribution in [0.25, 0.3) is 11.4 Å². The lowest BCUT2D eigenvalue weighted by Gasteiger charge is -2.11. The number of anilines is 1. The van der Waals surface area contributed by atoms with E-state index in [1.807, 2.05) is 18.2 Å². The Morgan fingerprint density at radius 1 is 1.14 bits per heavy atom. The standard InChI is InChI=1S/C18H17F2N5O2S/c1-11(16(26)22-13-5-3-2-4-6-13)28-18-24-23-15(25(18)21)12-7-9-14(10-8-12)27-17(19)20/h2-11,17H,21H2,1H3,(H,22,26)/t11-/m1/s1. The average molecular weight is 405 g/mol. The van der Waals surface area contributed by atoms with Crippen LogP contribution in [0.5, 0.6) is 5.75 Å². The van der Waals surface area contributed by atoms with Crippen LogP contribution in [-0.2, 0) is 4.79 Å². The van der Waals surface area contributed by atoms with Crippen molar-refractivity contribution in [1.29, 1.82) is 0 Å². The SMILES string of the molecule is C[C@@H](Sc1nnc(-c2ccc(OC(F)F)cc2)n1N)C(=O)Nc1ccccc1. The Morgan fingerprint density at radius 3 is 2.46 bits per heavy atom. The molecule has 0 fully saturated rings. The number of thioether (sulfide) groups is 1. The number of nitrogen functional groups attached to an aromatic ring is 1. The maximum atomic E-state index is 12.3. The Kier molecular flexibility index (Phi) is 6.09. The van der Waals surface area contributed by atoms with Crippen LogP contribution >= 0.6 is 11.8 Å². The summed E-state index contributed by atoms with van der Waals surface area (Å²) in [5.74, 6) is 6.21. The molecule has 0 saturated heterocycles. The molecule has 1 amide bonds. The predicted molar refractivity (Wildman–Crippen MR) is 103 cm³/mol. The minimum Gasteiger partial charge on any atom is -0.435 e. The number of nitrogens with two attached hydrogens (primary N) is 1. The minimum atomic E-state index is -2.89. The monoisotopic (exact) mass is 405 g/mol. The number of rotatable bonds is 7. The van der Waals surface area contributed by atoms with Gasteiger partial charge in [-0.3, -0.25) is 4.79 Å². The molecule has 28 heavy (non-hydrogen) atoms. The highest BCUT2D eigenvalue weighted by Crippen LogP contribution is 2.26. The summed E-state index contributed by atoms with van der Waals surface area (Å²) in [6.07, 6.45) is 0. The van der Waals surface area contributed by atoms with Gasteiger partial charge in [-0.1, -0.05) is 30.0 Å². The van der Waals surface area contributed by atoms with Gasteiger partial charge in [-0.2, -0.15) is 8.78 Å². The molecule has 0 spiro atoms. The average Bonchev–Trinajstić information content (AvgIpc) is 3.03. The molecule has 0 radical (unpaired) electrons. The van der Waals surface area contributed by atoms with Gasteiger partial charge in [0.25, 0.3) is 0 Å². The normalized spacial score (nSPS) is 12.0. The van der Waals surface area contributed by atoms with Crippen molar-refractivity contribution in [3.8, 4) is 17.1 Å². The van der Waals surface area contributed by atoms with Gasteiger partial charge >= 0.3 is 6.61 Å². The van der Waals surface area contributed by atoms with E-state index in [0.29, 0.717) is 22.2 Å². The fourth-order valence-electron chi connectivity index (χ4n) is 2.32. The Hall–Kier alpha value is -3.14. The van der Waals surface area contributed by atoms with Crippen molar-refractivity contribution >= 4 is 23.4 Å². The Labute approximate surface area is 163 Å². The lowest BCUT2D eigenvalue weighted by atomic mass is 10.2. The molecule has 0 unspecified atom stereocenters. The highest BCUT2D eigenvalue weighted by Gasteiger charge is 2.20. The molecule has 0 aliphatic rings. The quantitative estimate of drug-likeness (QED) is 0.462. The minimum absolute atomic E-state index is 0.0302. The van der Waals surface area contributed by atoms with Gasteiger partial charge in [0.1, 0.15) is 5.75 Å². The topological polar surface area (TPSA) is 95.1 Å². The molecule has 0 bridgehead atoms. The zero-order chi connectivity index (χ0) is 20.1. The maximum absolute atomic E-state index is 12.3. The summed E-state index contributed by atoms with van der Waals surface area (Å²) in [5.41, 5.74) is 1.27. The van der Waals surface area contributed by atoms with Crippen LogP contribution in [0.15, 0.2) is 59.8 Å². The van der Waals surface area contributed by atoms with Crippen LogP contribution in [0.1, 0.15) is 6.92 Å². The third kappa shape index (κ3) is 4.77. The summed E-state index contributed by atoms with van der Waals surface area (Å²) >= 11 is 1.15. The first-order chi connectivity index (χ1) is 13.4. The molecule has 7 nitrogen and oxygen atoms in total. The number of aromatic nitrogens is 3. The predicted octanol–water partition coefficient (Wildman–Crippen LogP) is 3.38. The summed E-state index contributed by atoms with van der Waals surface area (Å²) in [6, 6.07) is 15.0. The first-order valence-corrected chi connectivity index (χ1v) is 9.10. The van der Waals surface area contributed by atoms with E-state index in [1.54, 1.807) is 31.2 Å². The molecule has 3 N–H and O–H groups in total. The molecule has 0 aliphatic carbocycles. The second-order valence-corrected chi connectivity index (χ2v) is 7.00. The molecular formula is C18H17F2N5O2S. The maximum Gasteiger partial charge on any atom is 0.387 e. The van der Waals surface area contributed by atoms with Crippen LogP contribution in [0.4, 0.5) is 14.5 Å². The molecule has 1 atom stereocenters. The number of halogens is 2. The molecule has 0 saturated carbocycles. The van der Waals surface area contributed by atoms with E-state index < -0.39 is 11.9 Å². The highest BCUT2D eigenvalue weighted by molar-refractivity contribution is 8.00. The van der Waals surface area contributed by atoms with E-state index in [0.717, 1.165) is 11.8 Å². The smallest absolute Gasteiger partial charge is 0.387 e. The van der Waals surface area contributed by atoms with Crippen LogP contribution in [0, 0.1) is 0 Å². The van der Waals surface area contributed by atoms with Crippen molar-refractivity contribution in [2.24, 2.45) is 0 Å². The summed E-state index contributed by atoms with van der Waals surface area (Å²) < 4.78 is 30.0. The number of amides is 1. The Bertz CT molecular complexity index is 935. The van der Waals surface area contributed by atoms with Gasteiger partial charge in [0, 0.05) is 11.3 Å². The largest absolute Gasteiger partial charge is 0.435 e. The van der Waals surface area contributed by atoms with E-state index in [2.05, 4.69) is 20.3 Å². The summed E-state index contributed by atoms with van der Waals surface area (Å²) in [7, 11) is 0. The van der Waals surface area contributed by atoms with Gasteiger partial charge in [-0.15, -0.1) is 10.2 Å². The van der Waals surface area contributed by atoms with E-state index in [4.69, 9.17) is 5.84 Å². The molecule has 146 valence electrons. The number of alkyl halides is 2. The van der Waals surface area contributed by atoms with Crippen LogP contribution < -0.4 is 15.9 Å². The summed E-state index contributed by atoms with van der Waals surface area (Å²) in [4.78, 5) is 12.3. The zero-order valence-corrected chi connectivity index (χ0v) is 15.6. The van der Waals surface area contributed by atoms with Crippen molar-refractivity contribution in [3.63, 3.8) is 0 Å². The fraction of sp³-hybridized carbons (Fsp3) is 0.167. The van der Waals surface area contributed by atoms with Crippen molar-refractivity contribution in [2.75, 3.05) is 11.2 Å². The first kappa shape index (κ1) is 19.6. The van der Waals surface area contributed by atoms with Crippen LogP contribution in [0.3, 0.4) is 0 Å². The van der Waals surface area contributed by atoms with E-state index in [1.165, 1.54) is 16.8 Å². The van der Waals surface area contributed by atoms with Crippen LogP contribution in [0.2, 0.25) is 0 Å². The third-order valence-electron chi connectivity index (χ3n) is 3.69. The molecule has 2 aromatic carbocycles. The number of para-hydroxylation sites is 1. The van der Waals surface area contributed by atoms with Gasteiger partial charge in [0.05, 0.1) is 5.25 Å². The third-order valence-corrected chi connectivity index (χ3v) is 4.75. The molecule has 10 heteroatoms.